The molecular weight excluding hydrogens is 480 g/mol. The summed E-state index contributed by atoms with van der Waals surface area (Å²) in [6.45, 7) is 1.41. The number of nitrogens with zero attached hydrogens (tertiary/aromatic N) is 2. The Labute approximate surface area is 225 Å². The standard InChI is InChI=1S/C30H44N4O4/c1-32-16-21-13-14-34(27(31)33-22-8-3-2-4-9-22)18-29(21)20-12-11-19-7-5-6-10-24(35)30(38)17-28(19,29)23(15-20)25(30)26(36)37/h13-14,19-22,32,38H,2-12,15-18H2,1H3,(H2,31,33)(H,36,37)/t19-,20-,21+,28+,29-,30-/m1/s1. The molecule has 6 atom stereocenters. The number of allylic oxidation sites excluding steroid dienone is 1. The van der Waals surface area contributed by atoms with Crippen LogP contribution in [0.3, 0.4) is 0 Å². The number of carboxylic acid groups (broad SMARTS) is 1. The molecule has 0 radical (unpaired) electrons. The van der Waals surface area contributed by atoms with Gasteiger partial charge < -0.3 is 26.2 Å². The van der Waals surface area contributed by atoms with Gasteiger partial charge in [0.05, 0.1) is 11.6 Å². The van der Waals surface area contributed by atoms with E-state index in [2.05, 4.69) is 22.5 Å². The second-order valence-electron chi connectivity index (χ2n) is 13.0. The highest BCUT2D eigenvalue weighted by atomic mass is 16.4. The number of ketones is 1. The molecule has 38 heavy (non-hydrogen) atoms. The van der Waals surface area contributed by atoms with Gasteiger partial charge in [0.25, 0.3) is 0 Å². The van der Waals surface area contributed by atoms with Crippen LogP contribution in [0.25, 0.3) is 0 Å². The number of Topliss-reactive ketones (excluding diaryl/α,β-unsaturated/α-hetero) is 1. The normalized spacial score (nSPS) is 41.4. The molecule has 0 saturated heterocycles. The Morgan fingerprint density at radius 2 is 1.87 bits per heavy atom. The zero-order chi connectivity index (χ0) is 26.7. The third kappa shape index (κ3) is 3.51. The predicted molar refractivity (Wildman–Crippen MR) is 145 cm³/mol. The number of hydrogen-bond acceptors (Lipinski definition) is 5. The van der Waals surface area contributed by atoms with Gasteiger partial charge in [-0.3, -0.25) is 4.79 Å². The van der Waals surface area contributed by atoms with E-state index in [4.69, 9.17) is 10.7 Å². The highest BCUT2D eigenvalue weighted by Gasteiger charge is 2.76. The topological polar surface area (TPSA) is 128 Å². The number of nitrogens with one attached hydrogen (secondary N) is 1. The summed E-state index contributed by atoms with van der Waals surface area (Å²) in [4.78, 5) is 33.4. The Balaban J connectivity index is 1.51. The number of aliphatic carboxylic acids is 1. The average molecular weight is 525 g/mol. The van der Waals surface area contributed by atoms with Crippen molar-refractivity contribution in [3.05, 3.63) is 23.4 Å². The summed E-state index contributed by atoms with van der Waals surface area (Å²) >= 11 is 0. The minimum atomic E-state index is -1.91. The van der Waals surface area contributed by atoms with Crippen molar-refractivity contribution in [2.75, 3.05) is 20.1 Å². The minimum absolute atomic E-state index is 0.00586. The van der Waals surface area contributed by atoms with Gasteiger partial charge in [0.2, 0.25) is 0 Å². The Morgan fingerprint density at radius 1 is 1.13 bits per heavy atom. The third-order valence-electron chi connectivity index (χ3n) is 11.4. The summed E-state index contributed by atoms with van der Waals surface area (Å²) in [7, 11) is 1.97. The van der Waals surface area contributed by atoms with E-state index in [0.717, 1.165) is 50.6 Å². The van der Waals surface area contributed by atoms with E-state index >= 15 is 0 Å². The smallest absolute Gasteiger partial charge is 0.334 e. The maximum Gasteiger partial charge on any atom is 0.334 e. The van der Waals surface area contributed by atoms with Crippen LogP contribution in [0.2, 0.25) is 0 Å². The molecule has 3 bridgehead atoms. The molecule has 6 rings (SSSR count). The molecule has 0 unspecified atom stereocenters. The Bertz CT molecular complexity index is 1090. The highest BCUT2D eigenvalue weighted by molar-refractivity contribution is 6.04. The van der Waals surface area contributed by atoms with Crippen molar-refractivity contribution in [1.82, 2.24) is 10.2 Å². The summed E-state index contributed by atoms with van der Waals surface area (Å²) in [5, 5.41) is 25.9. The molecule has 8 nitrogen and oxygen atoms in total. The molecule has 4 fully saturated rings. The summed E-state index contributed by atoms with van der Waals surface area (Å²) < 4.78 is 0. The van der Waals surface area contributed by atoms with Gasteiger partial charge in [-0.2, -0.15) is 0 Å². The maximum atomic E-state index is 13.5. The van der Waals surface area contributed by atoms with Crippen LogP contribution in [0.5, 0.6) is 0 Å². The molecule has 0 aromatic carbocycles. The number of hydrogen-bond donors (Lipinski definition) is 4. The lowest BCUT2D eigenvalue weighted by molar-refractivity contribution is -0.148. The van der Waals surface area contributed by atoms with Crippen molar-refractivity contribution in [2.45, 2.75) is 95.1 Å². The molecular formula is C30H44N4O4. The van der Waals surface area contributed by atoms with Crippen LogP contribution in [0.15, 0.2) is 28.4 Å². The van der Waals surface area contributed by atoms with Crippen molar-refractivity contribution in [3.63, 3.8) is 0 Å². The lowest BCUT2D eigenvalue weighted by Gasteiger charge is -2.61. The van der Waals surface area contributed by atoms with Crippen LogP contribution in [0, 0.1) is 28.6 Å². The van der Waals surface area contributed by atoms with E-state index in [0.29, 0.717) is 25.3 Å². The van der Waals surface area contributed by atoms with Gasteiger partial charge >= 0.3 is 5.97 Å². The predicted octanol–water partition coefficient (Wildman–Crippen LogP) is 3.36. The second-order valence-corrected chi connectivity index (χ2v) is 13.0. The fourth-order valence-corrected chi connectivity index (χ4v) is 10.0. The summed E-state index contributed by atoms with van der Waals surface area (Å²) in [5.41, 5.74) is 4.82. The number of carboxylic acids is 1. The van der Waals surface area contributed by atoms with Crippen LogP contribution in [-0.4, -0.2) is 64.6 Å². The van der Waals surface area contributed by atoms with Gasteiger partial charge in [0, 0.05) is 36.5 Å². The summed E-state index contributed by atoms with van der Waals surface area (Å²) in [6, 6.07) is 0.259. The maximum absolute atomic E-state index is 13.5. The first-order valence-electron chi connectivity index (χ1n) is 14.9. The molecule has 4 saturated carbocycles. The number of nitrogens with two attached hydrogens (primary N) is 1. The molecule has 5 N–H and O–H groups in total. The Morgan fingerprint density at radius 3 is 2.61 bits per heavy atom. The van der Waals surface area contributed by atoms with Gasteiger partial charge in [-0.1, -0.05) is 31.8 Å². The van der Waals surface area contributed by atoms with Crippen LogP contribution >= 0.6 is 0 Å². The van der Waals surface area contributed by atoms with Crippen LogP contribution in [0.4, 0.5) is 0 Å². The second kappa shape index (κ2) is 9.47. The molecule has 1 heterocycles. The first kappa shape index (κ1) is 26.1. The van der Waals surface area contributed by atoms with E-state index in [1.54, 1.807) is 0 Å². The molecule has 208 valence electrons. The minimum Gasteiger partial charge on any atom is -0.478 e. The van der Waals surface area contributed by atoms with Crippen LogP contribution in [0.1, 0.15) is 83.5 Å². The fraction of sp³-hybridized carbons (Fsp3) is 0.767. The highest BCUT2D eigenvalue weighted by Crippen LogP contribution is 2.78. The van der Waals surface area contributed by atoms with Crippen molar-refractivity contribution in [2.24, 2.45) is 39.3 Å². The zero-order valence-corrected chi connectivity index (χ0v) is 22.8. The largest absolute Gasteiger partial charge is 0.478 e. The molecule has 5 aliphatic carbocycles. The molecule has 0 amide bonds. The lowest BCUT2D eigenvalue weighted by Crippen LogP contribution is -2.63. The molecule has 8 heteroatoms. The summed E-state index contributed by atoms with van der Waals surface area (Å²) in [5.74, 6) is -0.223. The van der Waals surface area contributed by atoms with Crippen molar-refractivity contribution >= 4 is 17.7 Å². The lowest BCUT2D eigenvalue weighted by atomic mass is 9.45. The van der Waals surface area contributed by atoms with Crippen molar-refractivity contribution in [3.8, 4) is 0 Å². The van der Waals surface area contributed by atoms with E-state index < -0.39 is 17.0 Å². The van der Waals surface area contributed by atoms with Crippen LogP contribution in [-0.2, 0) is 9.59 Å². The van der Waals surface area contributed by atoms with E-state index in [1.807, 2.05) is 7.05 Å². The van der Waals surface area contributed by atoms with Gasteiger partial charge in [0.15, 0.2) is 17.3 Å². The summed E-state index contributed by atoms with van der Waals surface area (Å²) in [6.07, 6.45) is 15.9. The molecule has 6 aliphatic rings. The monoisotopic (exact) mass is 524 g/mol. The van der Waals surface area contributed by atoms with E-state index in [1.165, 1.54) is 19.3 Å². The molecule has 0 aromatic heterocycles. The zero-order valence-electron chi connectivity index (χ0n) is 22.8. The van der Waals surface area contributed by atoms with E-state index in [-0.39, 0.29) is 53.4 Å². The third-order valence-corrected chi connectivity index (χ3v) is 11.4. The fourth-order valence-electron chi connectivity index (χ4n) is 10.0. The van der Waals surface area contributed by atoms with Gasteiger partial charge in [-0.25, -0.2) is 9.79 Å². The van der Waals surface area contributed by atoms with Gasteiger partial charge in [-0.05, 0) is 81.7 Å². The number of carbonyl (C=O) groups is 2. The average Bonchev–Trinajstić information content (AvgIpc) is 3.26. The van der Waals surface area contributed by atoms with Gasteiger partial charge in [-0.15, -0.1) is 0 Å². The SMILES string of the molecule is CNC[C@@H]1C=CN(C(N)=NC2CCCCC2)C[C@@]12[C@@H]1CC[C@H]3CCCCC(=O)[C@]4(O)C[C@@]32C(=C4C(=O)O)C1. The molecule has 2 spiro atoms. The Kier molecular flexibility index (Phi) is 6.50. The van der Waals surface area contributed by atoms with Crippen LogP contribution < -0.4 is 11.1 Å². The number of fused-ring (bicyclic) bond motifs is 1. The van der Waals surface area contributed by atoms with Crippen molar-refractivity contribution < 1.29 is 19.8 Å². The number of aliphatic hydroxyl groups is 1. The first-order chi connectivity index (χ1) is 18.3. The number of rotatable bonds is 4. The molecule has 1 aliphatic heterocycles. The first-order valence-corrected chi connectivity index (χ1v) is 14.9. The number of carbonyl (C=O) groups excluding carboxylic acids is 1. The van der Waals surface area contributed by atoms with Crippen molar-refractivity contribution in [1.29, 1.82) is 0 Å². The number of aliphatic imine (C=N–C) groups is 1. The van der Waals surface area contributed by atoms with Gasteiger partial charge in [0.1, 0.15) is 0 Å². The molecule has 0 aromatic rings. The quantitative estimate of drug-likeness (QED) is 0.328. The number of guanidine groups is 1. The Hall–Kier alpha value is -2.19. The van der Waals surface area contributed by atoms with E-state index in [9.17, 15) is 19.8 Å².